The molecule has 0 unspecified atom stereocenters. The summed E-state index contributed by atoms with van der Waals surface area (Å²) >= 11 is 7.06. The van der Waals surface area contributed by atoms with Gasteiger partial charge in [-0.25, -0.2) is 4.98 Å². The SMILES string of the molecule is C=C(Cl)Cn1c(SCC(=O)O)nc2c(C)cccc21. The second kappa shape index (κ2) is 5.67. The zero-order valence-corrected chi connectivity index (χ0v) is 12.0. The molecule has 0 atom stereocenters. The van der Waals surface area contributed by atoms with E-state index in [1.165, 1.54) is 11.8 Å². The third kappa shape index (κ3) is 3.11. The number of fused-ring (bicyclic) bond motifs is 1. The lowest BCUT2D eigenvalue weighted by Gasteiger charge is -2.06. The predicted molar refractivity (Wildman–Crippen MR) is 77.8 cm³/mol. The number of hydrogen-bond acceptors (Lipinski definition) is 3. The van der Waals surface area contributed by atoms with E-state index in [2.05, 4.69) is 11.6 Å². The van der Waals surface area contributed by atoms with Crippen LogP contribution in [0, 0.1) is 6.92 Å². The summed E-state index contributed by atoms with van der Waals surface area (Å²) in [5.41, 5.74) is 2.86. The van der Waals surface area contributed by atoms with Crippen molar-refractivity contribution in [3.63, 3.8) is 0 Å². The number of allylic oxidation sites excluding steroid dienone is 1. The van der Waals surface area contributed by atoms with Gasteiger partial charge in [-0.15, -0.1) is 0 Å². The molecule has 0 saturated carbocycles. The van der Waals surface area contributed by atoms with Crippen LogP contribution in [0.3, 0.4) is 0 Å². The molecule has 1 aromatic heterocycles. The summed E-state index contributed by atoms with van der Waals surface area (Å²) in [5, 5.41) is 9.91. The van der Waals surface area contributed by atoms with Crippen molar-refractivity contribution in [3.05, 3.63) is 35.4 Å². The molecule has 2 aromatic rings. The Morgan fingerprint density at radius 1 is 1.58 bits per heavy atom. The zero-order chi connectivity index (χ0) is 14.0. The Kier molecular flexibility index (Phi) is 4.17. The Morgan fingerprint density at radius 2 is 2.32 bits per heavy atom. The minimum Gasteiger partial charge on any atom is -0.481 e. The molecule has 0 aliphatic heterocycles. The molecule has 0 aliphatic rings. The van der Waals surface area contributed by atoms with E-state index in [0.29, 0.717) is 16.7 Å². The number of para-hydroxylation sites is 1. The fourth-order valence-electron chi connectivity index (χ4n) is 1.83. The lowest BCUT2D eigenvalue weighted by molar-refractivity contribution is -0.133. The van der Waals surface area contributed by atoms with E-state index >= 15 is 0 Å². The van der Waals surface area contributed by atoms with Crippen molar-refractivity contribution in [3.8, 4) is 0 Å². The molecule has 1 heterocycles. The van der Waals surface area contributed by atoms with Crippen LogP contribution in [0.4, 0.5) is 0 Å². The van der Waals surface area contributed by atoms with Crippen molar-refractivity contribution in [1.82, 2.24) is 9.55 Å². The molecular formula is C13H13ClN2O2S. The topological polar surface area (TPSA) is 55.1 Å². The van der Waals surface area contributed by atoms with Crippen LogP contribution in [0.1, 0.15) is 5.56 Å². The van der Waals surface area contributed by atoms with Crippen molar-refractivity contribution in [2.24, 2.45) is 0 Å². The zero-order valence-electron chi connectivity index (χ0n) is 10.4. The van der Waals surface area contributed by atoms with Crippen molar-refractivity contribution in [2.45, 2.75) is 18.6 Å². The Hall–Kier alpha value is -1.46. The molecule has 4 nitrogen and oxygen atoms in total. The lowest BCUT2D eigenvalue weighted by atomic mass is 10.2. The van der Waals surface area contributed by atoms with E-state index in [4.69, 9.17) is 16.7 Å². The first-order valence-electron chi connectivity index (χ1n) is 5.62. The van der Waals surface area contributed by atoms with Gasteiger partial charge in [0.2, 0.25) is 0 Å². The number of halogens is 1. The van der Waals surface area contributed by atoms with Crippen molar-refractivity contribution < 1.29 is 9.90 Å². The summed E-state index contributed by atoms with van der Waals surface area (Å²) in [4.78, 5) is 15.2. The Balaban J connectivity index is 2.50. The number of thioether (sulfide) groups is 1. The highest BCUT2D eigenvalue weighted by molar-refractivity contribution is 7.99. The molecule has 2 rings (SSSR count). The molecular weight excluding hydrogens is 284 g/mol. The van der Waals surface area contributed by atoms with Crippen LogP contribution in [-0.4, -0.2) is 26.4 Å². The van der Waals surface area contributed by atoms with Crippen LogP contribution >= 0.6 is 23.4 Å². The number of imidazole rings is 1. The molecule has 0 radical (unpaired) electrons. The summed E-state index contributed by atoms with van der Waals surface area (Å²) in [6.45, 7) is 6.08. The van der Waals surface area contributed by atoms with Crippen LogP contribution in [0.5, 0.6) is 0 Å². The number of carbonyl (C=O) groups is 1. The minimum absolute atomic E-state index is 0.0306. The number of carboxylic acids is 1. The number of nitrogens with zero attached hydrogens (tertiary/aromatic N) is 2. The van der Waals surface area contributed by atoms with Crippen LogP contribution in [0.2, 0.25) is 0 Å². The maximum Gasteiger partial charge on any atom is 0.313 e. The highest BCUT2D eigenvalue weighted by Crippen LogP contribution is 2.27. The maximum absolute atomic E-state index is 10.7. The van der Waals surface area contributed by atoms with E-state index in [-0.39, 0.29) is 5.75 Å². The number of benzene rings is 1. The third-order valence-corrected chi connectivity index (χ3v) is 3.68. The summed E-state index contributed by atoms with van der Waals surface area (Å²) in [6.07, 6.45) is 0. The minimum atomic E-state index is -0.870. The van der Waals surface area contributed by atoms with Gasteiger partial charge in [0.05, 0.1) is 23.3 Å². The van der Waals surface area contributed by atoms with Gasteiger partial charge in [-0.1, -0.05) is 42.1 Å². The summed E-state index contributed by atoms with van der Waals surface area (Å²) < 4.78 is 1.89. The highest BCUT2D eigenvalue weighted by atomic mass is 35.5. The molecule has 6 heteroatoms. The normalized spacial score (nSPS) is 10.8. The fraction of sp³-hybridized carbons (Fsp3) is 0.231. The number of hydrogen-bond donors (Lipinski definition) is 1. The third-order valence-electron chi connectivity index (χ3n) is 2.60. The maximum atomic E-state index is 10.7. The van der Waals surface area contributed by atoms with Gasteiger partial charge >= 0.3 is 5.97 Å². The summed E-state index contributed by atoms with van der Waals surface area (Å²) in [7, 11) is 0. The molecule has 0 amide bonds. The first-order chi connectivity index (χ1) is 8.99. The van der Waals surface area contributed by atoms with Gasteiger partial charge in [0, 0.05) is 5.03 Å². The number of aromatic nitrogens is 2. The van der Waals surface area contributed by atoms with E-state index in [1.807, 2.05) is 29.7 Å². The molecule has 19 heavy (non-hydrogen) atoms. The second-order valence-electron chi connectivity index (χ2n) is 4.12. The number of rotatable bonds is 5. The molecule has 0 spiro atoms. The van der Waals surface area contributed by atoms with Crippen LogP contribution < -0.4 is 0 Å². The van der Waals surface area contributed by atoms with Gasteiger partial charge in [0.15, 0.2) is 5.16 Å². The second-order valence-corrected chi connectivity index (χ2v) is 5.60. The van der Waals surface area contributed by atoms with Crippen LogP contribution in [0.25, 0.3) is 11.0 Å². The van der Waals surface area contributed by atoms with E-state index < -0.39 is 5.97 Å². The molecule has 1 N–H and O–H groups in total. The molecule has 0 aliphatic carbocycles. The van der Waals surface area contributed by atoms with Gasteiger partial charge in [-0.05, 0) is 18.6 Å². The predicted octanol–water partition coefficient (Wildman–Crippen LogP) is 3.27. The molecule has 100 valence electrons. The molecule has 0 bridgehead atoms. The number of aliphatic carboxylic acids is 1. The van der Waals surface area contributed by atoms with Gasteiger partial charge in [0.1, 0.15) is 0 Å². The first kappa shape index (κ1) is 14.0. The monoisotopic (exact) mass is 296 g/mol. The summed E-state index contributed by atoms with van der Waals surface area (Å²) in [6, 6.07) is 5.86. The smallest absolute Gasteiger partial charge is 0.313 e. The molecule has 0 fully saturated rings. The number of aryl methyl sites for hydroxylation is 1. The molecule has 1 aromatic carbocycles. The lowest BCUT2D eigenvalue weighted by Crippen LogP contribution is -2.03. The Bertz CT molecular complexity index is 651. The van der Waals surface area contributed by atoms with Crippen LogP contribution in [-0.2, 0) is 11.3 Å². The quantitative estimate of drug-likeness (QED) is 0.860. The molecule has 0 saturated heterocycles. The number of carboxylic acid groups (broad SMARTS) is 1. The van der Waals surface area contributed by atoms with E-state index in [9.17, 15) is 4.79 Å². The van der Waals surface area contributed by atoms with Crippen molar-refractivity contribution in [1.29, 1.82) is 0 Å². The van der Waals surface area contributed by atoms with Gasteiger partial charge < -0.3 is 9.67 Å². The van der Waals surface area contributed by atoms with Gasteiger partial charge in [-0.2, -0.15) is 0 Å². The average molecular weight is 297 g/mol. The van der Waals surface area contributed by atoms with E-state index in [1.54, 1.807) is 0 Å². The standard InChI is InChI=1S/C13H13ClN2O2S/c1-8-4-3-5-10-12(8)15-13(19-7-11(17)18)16(10)6-9(2)14/h3-5H,2,6-7H2,1H3,(H,17,18). The fourth-order valence-corrected chi connectivity index (χ4v) is 2.67. The van der Waals surface area contributed by atoms with E-state index in [0.717, 1.165) is 16.6 Å². The largest absolute Gasteiger partial charge is 0.481 e. The summed E-state index contributed by atoms with van der Waals surface area (Å²) in [5.74, 6) is -0.901. The highest BCUT2D eigenvalue weighted by Gasteiger charge is 2.14. The Labute approximate surface area is 120 Å². The van der Waals surface area contributed by atoms with Gasteiger partial charge in [0.25, 0.3) is 0 Å². The Morgan fingerprint density at radius 3 is 2.95 bits per heavy atom. The first-order valence-corrected chi connectivity index (χ1v) is 6.99. The van der Waals surface area contributed by atoms with Crippen molar-refractivity contribution >= 4 is 40.4 Å². The van der Waals surface area contributed by atoms with Crippen molar-refractivity contribution in [2.75, 3.05) is 5.75 Å². The van der Waals surface area contributed by atoms with Crippen LogP contribution in [0.15, 0.2) is 35.0 Å². The average Bonchev–Trinajstić information content (AvgIpc) is 2.66. The van der Waals surface area contributed by atoms with Gasteiger partial charge in [-0.3, -0.25) is 4.79 Å².